The Kier molecular flexibility index (Phi) is 3.95. The summed E-state index contributed by atoms with van der Waals surface area (Å²) in [7, 11) is 1.38. The van der Waals surface area contributed by atoms with E-state index < -0.39 is 11.9 Å². The summed E-state index contributed by atoms with van der Waals surface area (Å²) in [5, 5.41) is 1.93. The van der Waals surface area contributed by atoms with Crippen LogP contribution in [-0.4, -0.2) is 12.1 Å². The van der Waals surface area contributed by atoms with Crippen molar-refractivity contribution in [3.8, 4) is 5.88 Å². The van der Waals surface area contributed by atoms with E-state index in [0.717, 1.165) is 8.45 Å². The molecule has 0 saturated heterocycles. The number of ether oxygens (including phenoxy) is 1. The van der Waals surface area contributed by atoms with Gasteiger partial charge in [-0.3, -0.25) is 0 Å². The molecule has 0 aliphatic rings. The van der Waals surface area contributed by atoms with Gasteiger partial charge < -0.3 is 10.5 Å². The van der Waals surface area contributed by atoms with Gasteiger partial charge in [0.25, 0.3) is 0 Å². The minimum Gasteiger partial charge on any atom is -0.479 e. The Hall–Kier alpha value is -0.730. The van der Waals surface area contributed by atoms with Gasteiger partial charge in [0, 0.05) is 11.8 Å². The van der Waals surface area contributed by atoms with E-state index in [0.29, 0.717) is 5.56 Å². The molecule has 17 heavy (non-hydrogen) atoms. The van der Waals surface area contributed by atoms with E-state index in [1.54, 1.807) is 17.4 Å². The first kappa shape index (κ1) is 12.7. The molecule has 0 saturated carbocycles. The number of aromatic nitrogens is 1. The molecular weight excluding hydrogens is 354 g/mol. The molecule has 1 atom stereocenters. The number of rotatable bonds is 3. The minimum atomic E-state index is -0.497. The Labute approximate surface area is 116 Å². The van der Waals surface area contributed by atoms with E-state index in [1.807, 2.05) is 11.4 Å². The van der Waals surface area contributed by atoms with E-state index in [9.17, 15) is 4.39 Å². The summed E-state index contributed by atoms with van der Waals surface area (Å²) in [6.07, 6.45) is 1.49. The van der Waals surface area contributed by atoms with Gasteiger partial charge in [0.2, 0.25) is 5.88 Å². The SMILES string of the molecule is COc1nccc(C(N)c2csc(I)c2)c1F. The van der Waals surface area contributed by atoms with Crippen molar-refractivity contribution in [2.45, 2.75) is 6.04 Å². The van der Waals surface area contributed by atoms with Crippen LogP contribution in [0.5, 0.6) is 5.88 Å². The zero-order valence-electron chi connectivity index (χ0n) is 8.98. The van der Waals surface area contributed by atoms with Crippen LogP contribution >= 0.6 is 33.9 Å². The third-order valence-corrected chi connectivity index (χ3v) is 4.17. The zero-order valence-corrected chi connectivity index (χ0v) is 12.0. The predicted molar refractivity (Wildman–Crippen MR) is 73.8 cm³/mol. The molecule has 0 aromatic carbocycles. The van der Waals surface area contributed by atoms with Gasteiger partial charge in [-0.1, -0.05) is 0 Å². The first-order valence-corrected chi connectivity index (χ1v) is 6.77. The lowest BCUT2D eigenvalue weighted by atomic mass is 10.0. The topological polar surface area (TPSA) is 48.1 Å². The minimum absolute atomic E-state index is 0.0251. The van der Waals surface area contributed by atoms with Gasteiger partial charge in [0.15, 0.2) is 5.82 Å². The van der Waals surface area contributed by atoms with Crippen LogP contribution in [0.2, 0.25) is 0 Å². The fourth-order valence-electron chi connectivity index (χ4n) is 1.49. The highest BCUT2D eigenvalue weighted by atomic mass is 127. The summed E-state index contributed by atoms with van der Waals surface area (Å²) in [5.74, 6) is -0.522. The molecule has 0 radical (unpaired) electrons. The maximum Gasteiger partial charge on any atom is 0.250 e. The smallest absolute Gasteiger partial charge is 0.250 e. The van der Waals surface area contributed by atoms with Gasteiger partial charge in [-0.2, -0.15) is 0 Å². The van der Waals surface area contributed by atoms with E-state index in [1.165, 1.54) is 13.3 Å². The number of nitrogens with two attached hydrogens (primary N) is 1. The van der Waals surface area contributed by atoms with Crippen LogP contribution in [0.15, 0.2) is 23.7 Å². The van der Waals surface area contributed by atoms with Crippen molar-refractivity contribution in [2.24, 2.45) is 5.73 Å². The lowest BCUT2D eigenvalue weighted by molar-refractivity contribution is 0.366. The highest BCUT2D eigenvalue weighted by Gasteiger charge is 2.18. The molecule has 2 rings (SSSR count). The van der Waals surface area contributed by atoms with E-state index >= 15 is 0 Å². The maximum atomic E-state index is 13.9. The second-order valence-electron chi connectivity index (χ2n) is 3.39. The molecule has 0 aliphatic carbocycles. The van der Waals surface area contributed by atoms with Crippen LogP contribution in [0.4, 0.5) is 4.39 Å². The third-order valence-electron chi connectivity index (χ3n) is 2.36. The van der Waals surface area contributed by atoms with Gasteiger partial charge >= 0.3 is 0 Å². The normalized spacial score (nSPS) is 12.5. The van der Waals surface area contributed by atoms with Crippen molar-refractivity contribution in [3.05, 3.63) is 43.5 Å². The molecule has 0 fully saturated rings. The fourth-order valence-corrected chi connectivity index (χ4v) is 2.90. The molecule has 0 bridgehead atoms. The van der Waals surface area contributed by atoms with Crippen LogP contribution in [0.3, 0.4) is 0 Å². The Morgan fingerprint density at radius 3 is 2.94 bits per heavy atom. The van der Waals surface area contributed by atoms with Gasteiger partial charge in [-0.15, -0.1) is 11.3 Å². The van der Waals surface area contributed by atoms with Gasteiger partial charge in [0.1, 0.15) is 0 Å². The largest absolute Gasteiger partial charge is 0.479 e. The van der Waals surface area contributed by atoms with Crippen molar-refractivity contribution in [3.63, 3.8) is 0 Å². The van der Waals surface area contributed by atoms with Crippen molar-refractivity contribution in [2.75, 3.05) is 7.11 Å². The molecule has 2 aromatic rings. The molecule has 3 nitrogen and oxygen atoms in total. The lowest BCUT2D eigenvalue weighted by Gasteiger charge is -2.12. The summed E-state index contributed by atoms with van der Waals surface area (Å²) in [6.45, 7) is 0. The molecule has 2 heterocycles. The Morgan fingerprint density at radius 1 is 1.59 bits per heavy atom. The average molecular weight is 364 g/mol. The predicted octanol–water partition coefficient (Wildman–Crippen LogP) is 2.94. The molecule has 0 aliphatic heterocycles. The lowest BCUT2D eigenvalue weighted by Crippen LogP contribution is -2.13. The van der Waals surface area contributed by atoms with Crippen LogP contribution in [0.25, 0.3) is 0 Å². The molecule has 0 spiro atoms. The molecule has 0 amide bonds. The summed E-state index contributed by atoms with van der Waals surface area (Å²) >= 11 is 3.79. The van der Waals surface area contributed by atoms with E-state index in [2.05, 4.69) is 27.6 Å². The monoisotopic (exact) mass is 364 g/mol. The van der Waals surface area contributed by atoms with Crippen LogP contribution in [0.1, 0.15) is 17.2 Å². The van der Waals surface area contributed by atoms with Gasteiger partial charge in [-0.05, 0) is 45.7 Å². The highest BCUT2D eigenvalue weighted by Crippen LogP contribution is 2.29. The number of nitrogens with zero attached hydrogens (tertiary/aromatic N) is 1. The maximum absolute atomic E-state index is 13.9. The number of pyridine rings is 1. The van der Waals surface area contributed by atoms with Gasteiger partial charge in [-0.25, -0.2) is 9.37 Å². The second-order valence-corrected chi connectivity index (χ2v) is 6.19. The van der Waals surface area contributed by atoms with Crippen LogP contribution in [-0.2, 0) is 0 Å². The van der Waals surface area contributed by atoms with Crippen molar-refractivity contribution in [1.82, 2.24) is 4.98 Å². The quantitative estimate of drug-likeness (QED) is 0.852. The Morgan fingerprint density at radius 2 is 2.35 bits per heavy atom. The summed E-state index contributed by atoms with van der Waals surface area (Å²) in [4.78, 5) is 3.79. The first-order chi connectivity index (χ1) is 8.13. The number of thiophene rings is 1. The number of hydrogen-bond acceptors (Lipinski definition) is 4. The molecule has 90 valence electrons. The van der Waals surface area contributed by atoms with Gasteiger partial charge in [0.05, 0.1) is 16.0 Å². The highest BCUT2D eigenvalue weighted by molar-refractivity contribution is 14.1. The average Bonchev–Trinajstić information content (AvgIpc) is 2.75. The molecular formula is C11H10FIN2OS. The summed E-state index contributed by atoms with van der Waals surface area (Å²) in [6, 6.07) is 3.03. The summed E-state index contributed by atoms with van der Waals surface area (Å²) < 4.78 is 19.9. The van der Waals surface area contributed by atoms with Crippen LogP contribution < -0.4 is 10.5 Å². The van der Waals surface area contributed by atoms with Crippen molar-refractivity contribution in [1.29, 1.82) is 0 Å². The molecule has 2 aromatic heterocycles. The fraction of sp³-hybridized carbons (Fsp3) is 0.182. The first-order valence-electron chi connectivity index (χ1n) is 4.81. The van der Waals surface area contributed by atoms with Crippen molar-refractivity contribution < 1.29 is 9.13 Å². The Balaban J connectivity index is 2.40. The number of hydrogen-bond donors (Lipinski definition) is 1. The third kappa shape index (κ3) is 2.58. The van der Waals surface area contributed by atoms with E-state index in [4.69, 9.17) is 10.5 Å². The Bertz CT molecular complexity index is 532. The van der Waals surface area contributed by atoms with Crippen molar-refractivity contribution >= 4 is 33.9 Å². The molecule has 6 heteroatoms. The number of methoxy groups -OCH3 is 1. The zero-order chi connectivity index (χ0) is 12.4. The standard InChI is InChI=1S/C11H10FIN2OS/c1-16-11-9(12)7(2-3-15-11)10(14)6-4-8(13)17-5-6/h2-5,10H,14H2,1H3. The molecule has 2 N–H and O–H groups in total. The molecule has 1 unspecified atom stereocenters. The second kappa shape index (κ2) is 5.28. The summed E-state index contributed by atoms with van der Waals surface area (Å²) in [5.41, 5.74) is 7.32. The van der Waals surface area contributed by atoms with E-state index in [-0.39, 0.29) is 5.88 Å². The van der Waals surface area contributed by atoms with Crippen LogP contribution in [0, 0.1) is 8.70 Å². The number of halogens is 2.